The smallest absolute Gasteiger partial charge is 0.251 e. The number of nitrogen functional groups attached to an aromatic ring is 1. The lowest BCUT2D eigenvalue weighted by atomic mass is 10.1. The van der Waals surface area contributed by atoms with Gasteiger partial charge in [0.25, 0.3) is 5.91 Å². The van der Waals surface area contributed by atoms with Gasteiger partial charge in [0.1, 0.15) is 0 Å². The molecule has 1 heterocycles. The fourth-order valence-corrected chi connectivity index (χ4v) is 3.18. The van der Waals surface area contributed by atoms with Crippen LogP contribution in [0.15, 0.2) is 18.2 Å². The van der Waals surface area contributed by atoms with Crippen LogP contribution in [0.25, 0.3) is 0 Å². The van der Waals surface area contributed by atoms with Gasteiger partial charge in [-0.25, -0.2) is 0 Å². The summed E-state index contributed by atoms with van der Waals surface area (Å²) in [5.41, 5.74) is 8.11. The first-order valence-electron chi connectivity index (χ1n) is 5.89. The minimum Gasteiger partial charge on any atom is -0.399 e. The summed E-state index contributed by atoms with van der Waals surface area (Å²) in [6.07, 6.45) is 1.21. The highest BCUT2D eigenvalue weighted by atomic mass is 32.2. The fraction of sp³-hybridized carbons (Fsp3) is 0.462. The maximum Gasteiger partial charge on any atom is 0.251 e. The number of hydrogen-bond acceptors (Lipinski definition) is 3. The van der Waals surface area contributed by atoms with E-state index >= 15 is 0 Å². The Morgan fingerprint density at radius 3 is 3.06 bits per heavy atom. The van der Waals surface area contributed by atoms with Crippen LogP contribution in [0.4, 0.5) is 5.69 Å². The average molecular weight is 250 g/mol. The Balaban J connectivity index is 1.92. The average Bonchev–Trinajstić information content (AvgIpc) is 2.82. The Morgan fingerprint density at radius 1 is 1.59 bits per heavy atom. The van der Waals surface area contributed by atoms with E-state index in [0.717, 1.165) is 17.8 Å². The van der Waals surface area contributed by atoms with Crippen molar-refractivity contribution in [3.63, 3.8) is 0 Å². The highest BCUT2D eigenvalue weighted by Gasteiger charge is 2.16. The van der Waals surface area contributed by atoms with Gasteiger partial charge in [0.15, 0.2) is 0 Å². The van der Waals surface area contributed by atoms with Crippen LogP contribution in [-0.4, -0.2) is 24.0 Å². The number of rotatable bonds is 3. The summed E-state index contributed by atoms with van der Waals surface area (Å²) < 4.78 is 0. The number of aryl methyl sites for hydroxylation is 1. The molecule has 2 rings (SSSR count). The van der Waals surface area contributed by atoms with Crippen LogP contribution in [0.5, 0.6) is 0 Å². The molecule has 92 valence electrons. The first kappa shape index (κ1) is 12.3. The molecule has 1 saturated heterocycles. The van der Waals surface area contributed by atoms with Gasteiger partial charge >= 0.3 is 0 Å². The molecule has 0 aromatic heterocycles. The summed E-state index contributed by atoms with van der Waals surface area (Å²) in [6, 6.07) is 5.41. The number of amides is 1. The summed E-state index contributed by atoms with van der Waals surface area (Å²) in [6.45, 7) is 2.70. The number of benzene rings is 1. The summed E-state index contributed by atoms with van der Waals surface area (Å²) in [5.74, 6) is 3.03. The maximum absolute atomic E-state index is 11.9. The highest BCUT2D eigenvalue weighted by molar-refractivity contribution is 7.99. The Kier molecular flexibility index (Phi) is 3.94. The van der Waals surface area contributed by atoms with E-state index in [1.54, 1.807) is 12.1 Å². The van der Waals surface area contributed by atoms with Crippen molar-refractivity contribution in [3.05, 3.63) is 29.3 Å². The van der Waals surface area contributed by atoms with Gasteiger partial charge in [0, 0.05) is 17.8 Å². The zero-order valence-electron chi connectivity index (χ0n) is 10.0. The topological polar surface area (TPSA) is 55.1 Å². The molecular formula is C13H18N2OS. The molecular weight excluding hydrogens is 232 g/mol. The predicted octanol–water partition coefficient (Wildman–Crippen LogP) is 2.06. The molecule has 3 nitrogen and oxygen atoms in total. The van der Waals surface area contributed by atoms with Gasteiger partial charge in [-0.2, -0.15) is 11.8 Å². The van der Waals surface area contributed by atoms with Crippen LogP contribution in [0.3, 0.4) is 0 Å². The molecule has 1 aliphatic rings. The Labute approximate surface area is 106 Å². The van der Waals surface area contributed by atoms with Gasteiger partial charge in [-0.15, -0.1) is 0 Å². The van der Waals surface area contributed by atoms with Gasteiger partial charge in [0.2, 0.25) is 0 Å². The molecule has 4 heteroatoms. The Hall–Kier alpha value is -1.16. The number of thioether (sulfide) groups is 1. The zero-order chi connectivity index (χ0) is 12.3. The van der Waals surface area contributed by atoms with Crippen molar-refractivity contribution in [3.8, 4) is 0 Å². The van der Waals surface area contributed by atoms with Gasteiger partial charge in [-0.1, -0.05) is 0 Å². The van der Waals surface area contributed by atoms with Crippen LogP contribution in [-0.2, 0) is 0 Å². The van der Waals surface area contributed by atoms with Crippen LogP contribution >= 0.6 is 11.8 Å². The van der Waals surface area contributed by atoms with Crippen LogP contribution in [0, 0.1) is 12.8 Å². The van der Waals surface area contributed by atoms with Gasteiger partial charge in [0.05, 0.1) is 0 Å². The van der Waals surface area contributed by atoms with E-state index in [2.05, 4.69) is 5.32 Å². The van der Waals surface area contributed by atoms with Crippen molar-refractivity contribution in [2.45, 2.75) is 13.3 Å². The van der Waals surface area contributed by atoms with Crippen LogP contribution < -0.4 is 11.1 Å². The van der Waals surface area contributed by atoms with Crippen LogP contribution in [0.1, 0.15) is 22.3 Å². The summed E-state index contributed by atoms with van der Waals surface area (Å²) in [4.78, 5) is 11.9. The number of carbonyl (C=O) groups is 1. The Morgan fingerprint density at radius 2 is 2.41 bits per heavy atom. The predicted molar refractivity (Wildman–Crippen MR) is 73.4 cm³/mol. The summed E-state index contributed by atoms with van der Waals surface area (Å²) >= 11 is 1.97. The van der Waals surface area contributed by atoms with Crippen molar-refractivity contribution < 1.29 is 4.79 Å². The number of carbonyl (C=O) groups excluding carboxylic acids is 1. The molecule has 3 N–H and O–H groups in total. The number of hydrogen-bond donors (Lipinski definition) is 2. The molecule has 1 fully saturated rings. The minimum absolute atomic E-state index is 0.00463. The van der Waals surface area contributed by atoms with E-state index in [1.807, 2.05) is 24.8 Å². The van der Waals surface area contributed by atoms with E-state index in [9.17, 15) is 4.79 Å². The maximum atomic E-state index is 11.9. The second kappa shape index (κ2) is 5.45. The molecule has 0 bridgehead atoms. The van der Waals surface area contributed by atoms with Gasteiger partial charge in [-0.3, -0.25) is 4.79 Å². The fourth-order valence-electron chi connectivity index (χ4n) is 1.90. The molecule has 1 aromatic rings. The van der Waals surface area contributed by atoms with E-state index in [-0.39, 0.29) is 5.91 Å². The summed E-state index contributed by atoms with van der Waals surface area (Å²) in [7, 11) is 0. The number of nitrogens with one attached hydrogen (secondary N) is 1. The first-order chi connectivity index (χ1) is 8.16. The second-order valence-electron chi connectivity index (χ2n) is 4.51. The SMILES string of the molecule is Cc1cc(C(=O)NCC2CCSC2)ccc1N. The molecule has 1 amide bonds. The van der Waals surface area contributed by atoms with Crippen LogP contribution in [0.2, 0.25) is 0 Å². The van der Waals surface area contributed by atoms with Crippen molar-refractivity contribution in [2.24, 2.45) is 5.92 Å². The van der Waals surface area contributed by atoms with Gasteiger partial charge < -0.3 is 11.1 Å². The van der Waals surface area contributed by atoms with Gasteiger partial charge in [-0.05, 0) is 54.5 Å². The van der Waals surface area contributed by atoms with E-state index in [4.69, 9.17) is 5.73 Å². The lowest BCUT2D eigenvalue weighted by Gasteiger charge is -2.10. The summed E-state index contributed by atoms with van der Waals surface area (Å²) in [5, 5.41) is 2.99. The third kappa shape index (κ3) is 3.16. The lowest BCUT2D eigenvalue weighted by molar-refractivity contribution is 0.0948. The molecule has 1 unspecified atom stereocenters. The van der Waals surface area contributed by atoms with Crippen molar-refractivity contribution in [1.82, 2.24) is 5.32 Å². The van der Waals surface area contributed by atoms with Crippen molar-refractivity contribution >= 4 is 23.4 Å². The molecule has 1 aliphatic heterocycles. The molecule has 1 aromatic carbocycles. The zero-order valence-corrected chi connectivity index (χ0v) is 10.8. The van der Waals surface area contributed by atoms with E-state index < -0.39 is 0 Å². The van der Waals surface area contributed by atoms with Crippen molar-refractivity contribution in [1.29, 1.82) is 0 Å². The first-order valence-corrected chi connectivity index (χ1v) is 7.04. The normalized spacial score (nSPS) is 19.2. The highest BCUT2D eigenvalue weighted by Crippen LogP contribution is 2.22. The molecule has 1 atom stereocenters. The molecule has 0 radical (unpaired) electrons. The molecule has 17 heavy (non-hydrogen) atoms. The number of nitrogens with two attached hydrogens (primary N) is 1. The van der Waals surface area contributed by atoms with E-state index in [1.165, 1.54) is 17.9 Å². The monoisotopic (exact) mass is 250 g/mol. The minimum atomic E-state index is 0.00463. The Bertz CT molecular complexity index is 414. The molecule has 0 spiro atoms. The lowest BCUT2D eigenvalue weighted by Crippen LogP contribution is -2.29. The largest absolute Gasteiger partial charge is 0.399 e. The third-order valence-corrected chi connectivity index (χ3v) is 4.34. The third-order valence-electron chi connectivity index (χ3n) is 3.11. The standard InChI is InChI=1S/C13H18N2OS/c1-9-6-11(2-3-12(9)14)13(16)15-7-10-4-5-17-8-10/h2-3,6,10H,4-5,7-8,14H2,1H3,(H,15,16). The second-order valence-corrected chi connectivity index (χ2v) is 5.66. The molecule has 0 saturated carbocycles. The number of anilines is 1. The van der Waals surface area contributed by atoms with Crippen molar-refractivity contribution in [2.75, 3.05) is 23.8 Å². The molecule has 0 aliphatic carbocycles. The van der Waals surface area contributed by atoms with E-state index in [0.29, 0.717) is 11.5 Å². The quantitative estimate of drug-likeness (QED) is 0.807.